The zero-order chi connectivity index (χ0) is 15.4. The van der Waals surface area contributed by atoms with Crippen molar-refractivity contribution in [3.8, 4) is 0 Å². The molecule has 0 N–H and O–H groups in total. The van der Waals surface area contributed by atoms with Crippen LogP contribution < -0.4 is 0 Å². The van der Waals surface area contributed by atoms with Crippen molar-refractivity contribution in [2.75, 3.05) is 0 Å². The second-order valence-corrected chi connectivity index (χ2v) is 7.63. The number of benzene rings is 1. The highest BCUT2D eigenvalue weighted by Gasteiger charge is 2.45. The number of fused-ring (bicyclic) bond motifs is 5. The van der Waals surface area contributed by atoms with E-state index in [9.17, 15) is 4.79 Å². The minimum absolute atomic E-state index is 0.0427. The van der Waals surface area contributed by atoms with E-state index in [1.54, 1.807) is 22.7 Å². The molecule has 4 heterocycles. The molecule has 5 rings (SSSR count). The number of hydrazine groups is 1. The average Bonchev–Trinajstić information content (AvgIpc) is 3.28. The number of amides is 1. The van der Waals surface area contributed by atoms with Gasteiger partial charge in [0.05, 0.1) is 0 Å². The molecule has 0 radical (unpaired) electrons. The fourth-order valence-electron chi connectivity index (χ4n) is 3.56. The summed E-state index contributed by atoms with van der Waals surface area (Å²) in [5, 5.41) is 10.6. The lowest BCUT2D eigenvalue weighted by molar-refractivity contribution is -0.0420. The third kappa shape index (κ3) is 1.94. The number of hydrogen-bond acceptors (Lipinski definition) is 4. The standard InChI is InChI=1S/C18H14N2OS2/c21-18-15-4-2-1-3-14(15)16-17-13(6-8-23-17)10-19(20(16)18)9-12-5-7-22-11-12/h1-8,11,16H,9-10H2. The lowest BCUT2D eigenvalue weighted by atomic mass is 10.0. The first-order chi connectivity index (χ1) is 11.3. The number of hydrogen-bond donors (Lipinski definition) is 0. The Labute approximate surface area is 142 Å². The number of thiophene rings is 2. The highest BCUT2D eigenvalue weighted by molar-refractivity contribution is 7.10. The summed E-state index contributed by atoms with van der Waals surface area (Å²) in [6.07, 6.45) is 0. The van der Waals surface area contributed by atoms with Gasteiger partial charge in [-0.2, -0.15) is 11.3 Å². The summed E-state index contributed by atoms with van der Waals surface area (Å²) in [4.78, 5) is 14.3. The fourth-order valence-corrected chi connectivity index (χ4v) is 5.24. The van der Waals surface area contributed by atoms with Crippen LogP contribution in [-0.2, 0) is 13.1 Å². The zero-order valence-corrected chi connectivity index (χ0v) is 13.9. The van der Waals surface area contributed by atoms with Gasteiger partial charge < -0.3 is 0 Å². The van der Waals surface area contributed by atoms with Crippen molar-refractivity contribution in [3.63, 3.8) is 0 Å². The van der Waals surface area contributed by atoms with Crippen molar-refractivity contribution in [2.45, 2.75) is 19.1 Å². The van der Waals surface area contributed by atoms with Crippen LogP contribution in [0.25, 0.3) is 0 Å². The first-order valence-electron chi connectivity index (χ1n) is 7.57. The van der Waals surface area contributed by atoms with Gasteiger partial charge in [-0.1, -0.05) is 18.2 Å². The fraction of sp³-hybridized carbons (Fsp3) is 0.167. The van der Waals surface area contributed by atoms with Gasteiger partial charge in [-0.15, -0.1) is 11.3 Å². The highest BCUT2D eigenvalue weighted by atomic mass is 32.1. The highest BCUT2D eigenvalue weighted by Crippen LogP contribution is 2.46. The summed E-state index contributed by atoms with van der Waals surface area (Å²) >= 11 is 3.46. The van der Waals surface area contributed by atoms with Gasteiger partial charge in [0.15, 0.2) is 0 Å². The minimum atomic E-state index is 0.0427. The Morgan fingerprint density at radius 1 is 1.13 bits per heavy atom. The molecule has 2 aromatic heterocycles. The number of carbonyl (C=O) groups is 1. The van der Waals surface area contributed by atoms with Crippen molar-refractivity contribution >= 4 is 28.6 Å². The lowest BCUT2D eigenvalue weighted by Gasteiger charge is -2.40. The molecule has 23 heavy (non-hydrogen) atoms. The molecule has 1 atom stereocenters. The molecule has 0 saturated heterocycles. The van der Waals surface area contributed by atoms with Gasteiger partial charge in [-0.05, 0) is 51.0 Å². The van der Waals surface area contributed by atoms with Crippen molar-refractivity contribution in [2.24, 2.45) is 0 Å². The zero-order valence-electron chi connectivity index (χ0n) is 12.3. The van der Waals surface area contributed by atoms with Crippen LogP contribution in [-0.4, -0.2) is 15.9 Å². The van der Waals surface area contributed by atoms with E-state index in [-0.39, 0.29) is 11.9 Å². The molecule has 1 amide bonds. The topological polar surface area (TPSA) is 23.6 Å². The van der Waals surface area contributed by atoms with Crippen molar-refractivity contribution in [3.05, 3.63) is 79.7 Å². The molecule has 2 aliphatic heterocycles. The van der Waals surface area contributed by atoms with E-state index >= 15 is 0 Å². The molecule has 3 aromatic rings. The molecule has 1 unspecified atom stereocenters. The molecular weight excluding hydrogens is 324 g/mol. The molecule has 114 valence electrons. The van der Waals surface area contributed by atoms with Crippen LogP contribution in [0.15, 0.2) is 52.5 Å². The molecular formula is C18H14N2OS2. The smallest absolute Gasteiger partial charge is 0.268 e. The Kier molecular flexibility index (Phi) is 2.95. The van der Waals surface area contributed by atoms with Gasteiger partial charge in [0.1, 0.15) is 6.04 Å². The molecule has 0 saturated carbocycles. The first-order valence-corrected chi connectivity index (χ1v) is 9.40. The number of nitrogens with zero attached hydrogens (tertiary/aromatic N) is 2. The predicted molar refractivity (Wildman–Crippen MR) is 92.3 cm³/mol. The van der Waals surface area contributed by atoms with Gasteiger partial charge in [0, 0.05) is 23.5 Å². The Bertz CT molecular complexity index is 884. The molecule has 0 fully saturated rings. The molecule has 3 nitrogen and oxygen atoms in total. The maximum atomic E-state index is 13.0. The summed E-state index contributed by atoms with van der Waals surface area (Å²) in [5.74, 6) is 0.125. The quantitative estimate of drug-likeness (QED) is 0.696. The van der Waals surface area contributed by atoms with Crippen LogP contribution in [0.4, 0.5) is 0 Å². The van der Waals surface area contributed by atoms with Crippen LogP contribution in [0.1, 0.15) is 38.0 Å². The molecule has 0 spiro atoms. The van der Waals surface area contributed by atoms with E-state index in [2.05, 4.69) is 39.3 Å². The van der Waals surface area contributed by atoms with Gasteiger partial charge in [-0.25, -0.2) is 5.01 Å². The van der Waals surface area contributed by atoms with Crippen LogP contribution in [0.2, 0.25) is 0 Å². The monoisotopic (exact) mass is 338 g/mol. The third-order valence-electron chi connectivity index (χ3n) is 4.57. The van der Waals surface area contributed by atoms with Crippen molar-refractivity contribution < 1.29 is 4.79 Å². The van der Waals surface area contributed by atoms with Gasteiger partial charge in [0.2, 0.25) is 0 Å². The Hall–Kier alpha value is -1.95. The Balaban J connectivity index is 1.64. The van der Waals surface area contributed by atoms with Crippen molar-refractivity contribution in [1.82, 2.24) is 10.0 Å². The maximum absolute atomic E-state index is 13.0. The SMILES string of the molecule is O=C1c2ccccc2C2c3sccc3CN(Cc3ccsc3)N12. The first kappa shape index (κ1) is 13.5. The second-order valence-electron chi connectivity index (χ2n) is 5.90. The molecule has 0 aliphatic carbocycles. The Morgan fingerprint density at radius 2 is 2.04 bits per heavy atom. The van der Waals surface area contributed by atoms with Gasteiger partial charge in [0.25, 0.3) is 5.91 Å². The second kappa shape index (κ2) is 5.03. The average molecular weight is 338 g/mol. The molecule has 5 heteroatoms. The van der Waals surface area contributed by atoms with Gasteiger partial charge >= 0.3 is 0 Å². The van der Waals surface area contributed by atoms with Crippen LogP contribution in [0, 0.1) is 0 Å². The largest absolute Gasteiger partial charge is 0.269 e. The van der Waals surface area contributed by atoms with E-state index in [1.807, 2.05) is 23.2 Å². The summed E-state index contributed by atoms with van der Waals surface area (Å²) < 4.78 is 0. The van der Waals surface area contributed by atoms with E-state index in [0.29, 0.717) is 0 Å². The predicted octanol–water partition coefficient (Wildman–Crippen LogP) is 4.29. The third-order valence-corrected chi connectivity index (χ3v) is 6.31. The van der Waals surface area contributed by atoms with Crippen LogP contribution in [0.5, 0.6) is 0 Å². The molecule has 1 aromatic carbocycles. The van der Waals surface area contributed by atoms with Gasteiger partial charge in [-0.3, -0.25) is 9.80 Å². The van der Waals surface area contributed by atoms with E-state index in [1.165, 1.54) is 16.0 Å². The maximum Gasteiger partial charge on any atom is 0.269 e. The lowest BCUT2D eigenvalue weighted by Crippen LogP contribution is -2.47. The minimum Gasteiger partial charge on any atom is -0.268 e. The van der Waals surface area contributed by atoms with Crippen LogP contribution in [0.3, 0.4) is 0 Å². The summed E-state index contributed by atoms with van der Waals surface area (Å²) in [6.45, 7) is 1.57. The van der Waals surface area contributed by atoms with E-state index in [4.69, 9.17) is 0 Å². The Morgan fingerprint density at radius 3 is 2.91 bits per heavy atom. The summed E-state index contributed by atoms with van der Waals surface area (Å²) in [5.41, 5.74) is 4.58. The molecule has 0 bridgehead atoms. The molecule has 2 aliphatic rings. The van der Waals surface area contributed by atoms with E-state index < -0.39 is 0 Å². The summed E-state index contributed by atoms with van der Waals surface area (Å²) in [6, 6.07) is 12.4. The van der Waals surface area contributed by atoms with E-state index in [0.717, 1.165) is 24.2 Å². The number of rotatable bonds is 2. The number of carbonyl (C=O) groups excluding carboxylic acids is 1. The summed E-state index contributed by atoms with van der Waals surface area (Å²) in [7, 11) is 0. The van der Waals surface area contributed by atoms with Crippen molar-refractivity contribution in [1.29, 1.82) is 0 Å². The van der Waals surface area contributed by atoms with Crippen LogP contribution >= 0.6 is 22.7 Å². The normalized spacial score (nSPS) is 19.6.